The lowest BCUT2D eigenvalue weighted by Crippen LogP contribution is -2.10. The number of halogens is 1. The minimum atomic E-state index is -0.575. The molecule has 19 heavy (non-hydrogen) atoms. The van der Waals surface area contributed by atoms with Crippen molar-refractivity contribution < 1.29 is 9.53 Å². The van der Waals surface area contributed by atoms with Crippen LogP contribution in [0.4, 0.5) is 0 Å². The molecule has 1 aromatic carbocycles. The van der Waals surface area contributed by atoms with Crippen LogP contribution in [0.1, 0.15) is 19.4 Å². The van der Waals surface area contributed by atoms with Gasteiger partial charge in [0.15, 0.2) is 5.56 Å². The fourth-order valence-corrected chi connectivity index (χ4v) is 1.28. The van der Waals surface area contributed by atoms with Crippen molar-refractivity contribution in [1.29, 1.82) is 0 Å². The van der Waals surface area contributed by atoms with Crippen molar-refractivity contribution in [2.75, 3.05) is 14.1 Å². The molecule has 0 aliphatic rings. The van der Waals surface area contributed by atoms with Gasteiger partial charge in [-0.1, -0.05) is 48.5 Å². The first-order chi connectivity index (χ1) is 8.82. The summed E-state index contributed by atoms with van der Waals surface area (Å²) in [7, 11) is 4.15. The number of ether oxygens (including phenoxy) is 1. The van der Waals surface area contributed by atoms with E-state index < -0.39 is 11.5 Å². The molecule has 0 radical (unpaired) electrons. The Morgan fingerprint density at radius 3 is 2.21 bits per heavy atom. The lowest BCUT2D eigenvalue weighted by Gasteiger charge is -2.08. The monoisotopic (exact) mass is 283 g/mol. The summed E-state index contributed by atoms with van der Waals surface area (Å²) < 4.78 is 4.54. The molecule has 0 aliphatic heterocycles. The maximum absolute atomic E-state index is 10.5. The van der Waals surface area contributed by atoms with E-state index in [2.05, 4.69) is 54.6 Å². The first kappa shape index (κ1) is 17.7. The van der Waals surface area contributed by atoms with Gasteiger partial charge in [-0.3, -0.25) is 0 Å². The molecule has 0 saturated carbocycles. The van der Waals surface area contributed by atoms with Crippen LogP contribution in [0.25, 0.3) is 0 Å². The summed E-state index contributed by atoms with van der Waals surface area (Å²) in [5.74, 6) is -0.447. The average Bonchev–Trinajstić information content (AvgIpc) is 2.29. The first-order valence-electron chi connectivity index (χ1n) is 6.02. The van der Waals surface area contributed by atoms with Crippen molar-refractivity contribution in [3.8, 4) is 0 Å². The Hall–Kier alpha value is -1.32. The highest BCUT2D eigenvalue weighted by Crippen LogP contribution is 2.00. The second-order valence-electron chi connectivity index (χ2n) is 4.45. The van der Waals surface area contributed by atoms with Crippen molar-refractivity contribution in [2.45, 2.75) is 26.0 Å². The lowest BCUT2D eigenvalue weighted by atomic mass is 10.2. The zero-order valence-electron chi connectivity index (χ0n) is 12.0. The van der Waals surface area contributed by atoms with E-state index in [4.69, 9.17) is 11.6 Å². The number of benzene rings is 1. The molecular formula is C15H22ClNO2. The van der Waals surface area contributed by atoms with Crippen molar-refractivity contribution in [3.05, 3.63) is 48.0 Å². The van der Waals surface area contributed by atoms with Crippen LogP contribution >= 0.6 is 11.6 Å². The fraction of sp³-hybridized carbons (Fsp3) is 0.400. The Balaban J connectivity index is 0.000000344. The van der Waals surface area contributed by atoms with Crippen molar-refractivity contribution in [1.82, 2.24) is 4.90 Å². The summed E-state index contributed by atoms with van der Waals surface area (Å²) in [5.41, 5.74) is 1.16. The molecule has 1 aromatic rings. The second-order valence-corrected chi connectivity index (χ2v) is 5.07. The number of nitrogens with zero attached hydrogens (tertiary/aromatic N) is 1. The summed E-state index contributed by atoms with van der Waals surface area (Å²) in [6.45, 7) is 7.55. The molecule has 0 spiro atoms. The number of rotatable bonds is 4. The van der Waals surface area contributed by atoms with E-state index in [1.807, 2.05) is 6.07 Å². The van der Waals surface area contributed by atoms with Crippen LogP contribution in [0, 0.1) is 0 Å². The lowest BCUT2D eigenvalue weighted by molar-refractivity contribution is -0.140. The Labute approximate surface area is 120 Å². The van der Waals surface area contributed by atoms with Gasteiger partial charge in [0.2, 0.25) is 0 Å². The number of alkyl halides is 1. The summed E-state index contributed by atoms with van der Waals surface area (Å²) in [6.07, 6.45) is 0. The maximum atomic E-state index is 10.5. The van der Waals surface area contributed by atoms with E-state index in [1.165, 1.54) is 5.56 Å². The van der Waals surface area contributed by atoms with E-state index in [0.29, 0.717) is 5.57 Å². The Morgan fingerprint density at radius 1 is 1.37 bits per heavy atom. The van der Waals surface area contributed by atoms with Gasteiger partial charge in [-0.25, -0.2) is 4.79 Å². The van der Waals surface area contributed by atoms with Crippen LogP contribution in [-0.4, -0.2) is 30.5 Å². The number of hydrogen-bond donors (Lipinski definition) is 0. The number of carbonyl (C=O) groups excluding carboxylic acids is 1. The molecule has 1 atom stereocenters. The largest absolute Gasteiger partial charge is 0.443 e. The molecule has 1 unspecified atom stereocenters. The predicted octanol–water partition coefficient (Wildman–Crippen LogP) is 3.44. The fourth-order valence-electron chi connectivity index (χ4n) is 1.20. The third kappa shape index (κ3) is 10.3. The molecule has 0 bridgehead atoms. The highest BCUT2D eigenvalue weighted by atomic mass is 35.5. The van der Waals surface area contributed by atoms with Crippen molar-refractivity contribution in [2.24, 2.45) is 0 Å². The number of hydrogen-bond acceptors (Lipinski definition) is 3. The number of esters is 1. The topological polar surface area (TPSA) is 29.5 Å². The summed E-state index contributed by atoms with van der Waals surface area (Å²) >= 11 is 5.33. The molecule has 0 N–H and O–H groups in total. The third-order valence-electron chi connectivity index (χ3n) is 1.96. The number of carbonyl (C=O) groups is 1. The zero-order valence-corrected chi connectivity index (χ0v) is 12.8. The maximum Gasteiger partial charge on any atom is 0.334 e. The Morgan fingerprint density at radius 2 is 1.89 bits per heavy atom. The molecule has 106 valence electrons. The van der Waals surface area contributed by atoms with Crippen molar-refractivity contribution >= 4 is 17.6 Å². The van der Waals surface area contributed by atoms with Crippen LogP contribution in [-0.2, 0) is 16.1 Å². The van der Waals surface area contributed by atoms with Gasteiger partial charge in [-0.2, -0.15) is 0 Å². The Kier molecular flexibility index (Phi) is 8.92. The molecule has 0 fully saturated rings. The third-order valence-corrected chi connectivity index (χ3v) is 2.05. The van der Waals surface area contributed by atoms with Gasteiger partial charge in [-0.15, -0.1) is 0 Å². The normalized spacial score (nSPS) is 11.3. The molecule has 0 heterocycles. The predicted molar refractivity (Wildman–Crippen MR) is 80.1 cm³/mol. The first-order valence-corrected chi connectivity index (χ1v) is 6.45. The summed E-state index contributed by atoms with van der Waals surface area (Å²) in [6, 6.07) is 10.5. The molecule has 0 aliphatic carbocycles. The van der Waals surface area contributed by atoms with E-state index in [0.717, 1.165) is 6.54 Å². The second kappa shape index (κ2) is 9.59. The van der Waals surface area contributed by atoms with Crippen LogP contribution in [0.3, 0.4) is 0 Å². The average molecular weight is 284 g/mol. The molecule has 1 rings (SSSR count). The molecule has 0 aromatic heterocycles. The zero-order chi connectivity index (χ0) is 14.8. The van der Waals surface area contributed by atoms with Crippen LogP contribution < -0.4 is 0 Å². The molecule has 0 amide bonds. The quantitative estimate of drug-likeness (QED) is 0.482. The molecule has 3 nitrogen and oxygen atoms in total. The standard InChI is InChI=1S/C9H13N.C6H9ClO2/c1-10(2)8-9-6-4-3-5-7-9;1-4(2)6(8)9-5(3)7/h3-7H,8H2,1-2H3;5H,1H2,2-3H3. The summed E-state index contributed by atoms with van der Waals surface area (Å²) in [5, 5.41) is 0. The van der Waals surface area contributed by atoms with Gasteiger partial charge >= 0.3 is 5.97 Å². The van der Waals surface area contributed by atoms with E-state index in [-0.39, 0.29) is 0 Å². The minimum Gasteiger partial charge on any atom is -0.443 e. The SMILES string of the molecule is C=C(C)C(=O)OC(C)Cl.CN(C)Cc1ccccc1. The van der Waals surface area contributed by atoms with Gasteiger partial charge in [0.1, 0.15) is 0 Å². The molecule has 0 saturated heterocycles. The van der Waals surface area contributed by atoms with Crippen LogP contribution in [0.15, 0.2) is 42.5 Å². The van der Waals surface area contributed by atoms with Gasteiger partial charge in [0, 0.05) is 12.1 Å². The molecular weight excluding hydrogens is 262 g/mol. The van der Waals surface area contributed by atoms with Gasteiger partial charge < -0.3 is 9.64 Å². The van der Waals surface area contributed by atoms with Gasteiger partial charge in [-0.05, 0) is 33.5 Å². The Bertz CT molecular complexity index is 388. The smallest absolute Gasteiger partial charge is 0.334 e. The van der Waals surface area contributed by atoms with Gasteiger partial charge in [0.05, 0.1) is 0 Å². The van der Waals surface area contributed by atoms with E-state index in [9.17, 15) is 4.79 Å². The van der Waals surface area contributed by atoms with Crippen LogP contribution in [0.2, 0.25) is 0 Å². The van der Waals surface area contributed by atoms with E-state index in [1.54, 1.807) is 13.8 Å². The van der Waals surface area contributed by atoms with Gasteiger partial charge in [0.25, 0.3) is 0 Å². The minimum absolute atomic E-state index is 0.363. The van der Waals surface area contributed by atoms with Crippen LogP contribution in [0.5, 0.6) is 0 Å². The molecule has 4 heteroatoms. The summed E-state index contributed by atoms with van der Waals surface area (Å²) in [4.78, 5) is 12.7. The van der Waals surface area contributed by atoms with Crippen molar-refractivity contribution in [3.63, 3.8) is 0 Å². The van der Waals surface area contributed by atoms with E-state index >= 15 is 0 Å². The highest BCUT2D eigenvalue weighted by molar-refractivity contribution is 6.20. The highest BCUT2D eigenvalue weighted by Gasteiger charge is 2.05.